The minimum Gasteiger partial charge on any atom is -0.495 e. The van der Waals surface area contributed by atoms with Gasteiger partial charge in [0.2, 0.25) is 23.8 Å². The first-order valence-electron chi connectivity index (χ1n) is 46.7. The van der Waals surface area contributed by atoms with E-state index in [2.05, 4.69) is 144 Å². The topological polar surface area (TPSA) is 361 Å². The molecule has 8 N–H and O–H groups in total. The average molecular weight is 2140 g/mol. The molecule has 768 valence electrons. The summed E-state index contributed by atoms with van der Waals surface area (Å²) in [4.78, 5) is 51.1. The Labute approximate surface area is 857 Å². The molecule has 0 amide bonds. The van der Waals surface area contributed by atoms with Crippen LogP contribution in [-0.2, 0) is 27.4 Å². The summed E-state index contributed by atoms with van der Waals surface area (Å²) in [7, 11) is -2.52. The molecule has 0 saturated carbocycles. The van der Waals surface area contributed by atoms with Crippen molar-refractivity contribution in [1.29, 1.82) is 0 Å². The number of para-hydroxylation sites is 3. The van der Waals surface area contributed by atoms with Gasteiger partial charge in [-0.2, -0.15) is 19.9 Å². The Hall–Kier alpha value is -11.0. The molecule has 4 aliphatic rings. The van der Waals surface area contributed by atoms with Crippen molar-refractivity contribution in [1.82, 2.24) is 59.5 Å². The number of aromatic nitrogens is 8. The lowest BCUT2D eigenvalue weighted by molar-refractivity contribution is 0.0981. The summed E-state index contributed by atoms with van der Waals surface area (Å²) < 4.78 is 129. The molecular weight excluding hydrogens is 2010 g/mol. The number of methoxy groups -OCH3 is 4. The Bertz CT molecular complexity index is 6870. The summed E-state index contributed by atoms with van der Waals surface area (Å²) >= 11 is 19.1. The number of piperazine rings is 3. The fraction of sp³-hybridized carbons (Fsp3) is 0.360. The molecule has 4 aliphatic heterocycles. The van der Waals surface area contributed by atoms with Gasteiger partial charge < -0.3 is 118 Å². The van der Waals surface area contributed by atoms with Crippen LogP contribution in [0, 0.1) is 11.6 Å². The van der Waals surface area contributed by atoms with E-state index in [9.17, 15) is 31.8 Å². The zero-order valence-electron chi connectivity index (χ0n) is 84.6. The van der Waals surface area contributed by atoms with Crippen molar-refractivity contribution in [2.75, 3.05) is 278 Å². The Kier molecular flexibility index (Phi) is 36.8. The van der Waals surface area contributed by atoms with E-state index in [1.165, 1.54) is 24.7 Å². The van der Waals surface area contributed by atoms with Gasteiger partial charge in [0.1, 0.15) is 86.7 Å². The van der Waals surface area contributed by atoms with E-state index in [-0.39, 0.29) is 23.5 Å². The lowest BCUT2D eigenvalue weighted by atomic mass is 10.0. The highest BCUT2D eigenvalue weighted by Gasteiger charge is 2.32. The van der Waals surface area contributed by atoms with Crippen molar-refractivity contribution in [2.24, 2.45) is 0 Å². The third-order valence-corrected chi connectivity index (χ3v) is 34.7. The molecule has 4 saturated heterocycles. The second kappa shape index (κ2) is 48.1. The predicted octanol–water partition coefficient (Wildman–Crippen LogP) is 19.3. The minimum absolute atomic E-state index is 0.00794. The number of hydrogen-bond acceptors (Lipinski definition) is 33. The lowest BCUT2D eigenvalue weighted by Gasteiger charge is -2.42. The van der Waals surface area contributed by atoms with Gasteiger partial charge in [-0.1, -0.05) is 71.2 Å². The van der Waals surface area contributed by atoms with Crippen LogP contribution in [0.5, 0.6) is 23.0 Å². The van der Waals surface area contributed by atoms with Gasteiger partial charge in [0, 0.05) is 165 Å². The number of likely N-dealkylation sites (N-methyl/N-ethyl adjacent to an activating group) is 3. The van der Waals surface area contributed by atoms with Crippen LogP contribution in [0.3, 0.4) is 0 Å². The molecule has 33 nitrogen and oxygen atoms in total. The van der Waals surface area contributed by atoms with E-state index >= 15 is 4.39 Å². The molecular formula is C100H128Cl3F2N23O10P6. The van der Waals surface area contributed by atoms with Gasteiger partial charge in [-0.3, -0.25) is 4.90 Å². The molecule has 0 unspecified atom stereocenters. The number of piperidine rings is 1. The maximum Gasteiger partial charge on any atom is 0.229 e. The van der Waals surface area contributed by atoms with Crippen molar-refractivity contribution in [3.8, 4) is 23.0 Å². The maximum absolute atomic E-state index is 15.5. The number of halogens is 5. The summed E-state index contributed by atoms with van der Waals surface area (Å²) in [5.74, 6) is 3.48. The highest BCUT2D eigenvalue weighted by atomic mass is 35.5. The Morgan fingerprint density at radius 3 is 0.993 bits per heavy atom. The zero-order chi connectivity index (χ0) is 104. The van der Waals surface area contributed by atoms with Crippen LogP contribution < -0.4 is 108 Å². The van der Waals surface area contributed by atoms with Gasteiger partial charge >= 0.3 is 0 Å². The molecule has 8 aromatic carbocycles. The van der Waals surface area contributed by atoms with Crippen LogP contribution in [0.15, 0.2) is 183 Å². The average Bonchev–Trinajstić information content (AvgIpc) is 0.788. The number of nitrogens with zero attached hydrogens (tertiary/aromatic N) is 15. The Morgan fingerprint density at radius 2 is 0.618 bits per heavy atom. The fourth-order valence-electron chi connectivity index (χ4n) is 16.5. The number of rotatable bonds is 30. The Balaban J connectivity index is 0.000000162. The number of benzene rings is 8. The number of hydrogen-bond donors (Lipinski definition) is 8. The summed E-state index contributed by atoms with van der Waals surface area (Å²) in [6.07, 6.45) is 7.56. The van der Waals surface area contributed by atoms with Crippen LogP contribution in [0.25, 0.3) is 0 Å². The standard InChI is InChI=1S/C29H38ClFN7O2P.C26H35ClN6O3P2.C24H30FN6O2P.C21H25ClN4O3P2/c1-36-13-15-37(16-14-36)20-9-11-38(12-10-20)25-18-26(40-2)24(17-22(25)31)34-29-32-19-21(30)28(35-29)33-23-7-5-6-8-27(23)41(3,4)39;1-32-11-13-33(14-12-32)18-7-9-21(23(15-18)36-2)30-26-28-17-20(27)25(31-26)29-22-10-8-19(37(3,4)34)16-24(22)38(5,6)35;1-30-11-13-31(14-12-30)17-9-10-19(21(15-17)33-2)28-24-26-16-18(25)23(29-24)27-20-7-5-6-8-22(20)34(3,4)32;1-29-18-12-14(30(2,3)27)10-11-16(18)25-21-23-13-15(22)20(26-21)24-17-8-6-7-9-19(17)31(4,5)28/h5-8,17-20H,9-16H2,1-4H3,(H2,32,33,34,35);7-10,15-17H,11-14H2,1-6H3,(H2,28,29,30,31);5-10,15-16H,11-14H2,1-4H3,(H2,26,27,28,29);6-13H,1-5H3,(H2,23,24,25,26). The predicted molar refractivity (Wildman–Crippen MR) is 595 cm³/mol. The number of anilines is 19. The summed E-state index contributed by atoms with van der Waals surface area (Å²) in [5, 5.41) is 30.0. The second-order valence-corrected chi connectivity index (χ2v) is 58.1. The van der Waals surface area contributed by atoms with Gasteiger partial charge in [-0.05, 0) is 211 Å². The van der Waals surface area contributed by atoms with E-state index < -0.39 is 48.7 Å². The lowest BCUT2D eigenvalue weighted by Crippen LogP contribution is -2.52. The van der Waals surface area contributed by atoms with E-state index in [1.807, 2.05) is 84.9 Å². The van der Waals surface area contributed by atoms with Crippen molar-refractivity contribution in [2.45, 2.75) is 18.9 Å². The maximum atomic E-state index is 15.5. The van der Waals surface area contributed by atoms with E-state index in [4.69, 9.17) is 53.8 Å². The van der Waals surface area contributed by atoms with Crippen LogP contribution in [0.1, 0.15) is 12.8 Å². The molecule has 44 heteroatoms. The molecule has 4 aromatic heterocycles. The summed E-state index contributed by atoms with van der Waals surface area (Å²) in [6, 6.07) is 48.1. The second-order valence-electron chi connectivity index (χ2n) is 37.7. The largest absolute Gasteiger partial charge is 0.495 e. The van der Waals surface area contributed by atoms with Crippen LogP contribution in [0.2, 0.25) is 15.1 Å². The van der Waals surface area contributed by atoms with E-state index in [1.54, 1.807) is 169 Å². The third kappa shape index (κ3) is 29.5. The summed E-state index contributed by atoms with van der Waals surface area (Å²) in [6.45, 7) is 34.2. The number of nitrogens with one attached hydrogen (secondary N) is 8. The first-order chi connectivity index (χ1) is 68.2. The van der Waals surface area contributed by atoms with Gasteiger partial charge in [-0.15, -0.1) is 0 Å². The van der Waals surface area contributed by atoms with Crippen LogP contribution in [-0.4, -0.2) is 287 Å². The molecule has 4 fully saturated rings. The van der Waals surface area contributed by atoms with Crippen LogP contribution in [0.4, 0.5) is 118 Å². The molecule has 144 heavy (non-hydrogen) atoms. The number of ether oxygens (including phenoxy) is 4. The molecule has 16 rings (SSSR count). The van der Waals surface area contributed by atoms with Crippen molar-refractivity contribution >= 4 is 219 Å². The third-order valence-electron chi connectivity index (χ3n) is 24.7. The smallest absolute Gasteiger partial charge is 0.229 e. The fourth-order valence-corrected chi connectivity index (χ4v) is 23.4. The highest BCUT2D eigenvalue weighted by Crippen LogP contribution is 2.47. The normalized spacial score (nSPS) is 14.9. The zero-order valence-corrected chi connectivity index (χ0v) is 92.2. The van der Waals surface area contributed by atoms with Gasteiger partial charge in [-0.25, -0.2) is 28.7 Å². The molecule has 0 aliphatic carbocycles. The monoisotopic (exact) mass is 2140 g/mol. The van der Waals surface area contributed by atoms with Crippen molar-refractivity contribution < 1.29 is 55.1 Å². The van der Waals surface area contributed by atoms with Crippen molar-refractivity contribution in [3.63, 3.8) is 0 Å². The van der Waals surface area contributed by atoms with Crippen LogP contribution >= 0.6 is 77.7 Å². The van der Waals surface area contributed by atoms with Gasteiger partial charge in [0.05, 0.1) is 104 Å². The summed E-state index contributed by atoms with van der Waals surface area (Å²) in [5.41, 5.74) is 7.60. The molecule has 0 bridgehead atoms. The molecule has 0 spiro atoms. The minimum atomic E-state index is -2.71. The van der Waals surface area contributed by atoms with Gasteiger partial charge in [0.25, 0.3) is 0 Å². The van der Waals surface area contributed by atoms with Crippen molar-refractivity contribution in [3.05, 3.63) is 209 Å². The Morgan fingerprint density at radius 1 is 0.306 bits per heavy atom. The SMILES string of the molecule is COc1cc(N2CCC(N3CCN(C)CC3)CC2)c(F)cc1Nc1ncc(Cl)c(Nc2ccccc2P(C)(C)=O)n1.COc1cc(N2CCN(C)CC2)ccc1Nc1ncc(Cl)c(Nc2ccc(P(C)(C)=O)cc2P(C)(C)=O)n1.COc1cc(N2CCN(C)CC2)ccc1Nc1ncc(F)c(Nc2ccccc2P(C)(C)=O)n1.COc1cc(P(C)(C)=O)ccc1Nc1ncc(Cl)c(Nc2ccccc2P(C)(C)=O)n1. The van der Waals surface area contributed by atoms with Gasteiger partial charge in [0.15, 0.2) is 29.1 Å². The molecule has 12 aromatic rings. The highest BCUT2D eigenvalue weighted by molar-refractivity contribution is 7.72. The molecule has 0 radical (unpaired) electrons. The quantitative estimate of drug-likeness (QED) is 0.0194. The van der Waals surface area contributed by atoms with E-state index in [0.29, 0.717) is 145 Å². The first-order valence-corrected chi connectivity index (χ1v) is 63.4. The first kappa shape index (κ1) is 110. The molecule has 8 heterocycles. The molecule has 0 atom stereocenters. The van der Waals surface area contributed by atoms with E-state index in [0.717, 1.165) is 133 Å².